The lowest BCUT2D eigenvalue weighted by Crippen LogP contribution is -2.31. The highest BCUT2D eigenvalue weighted by Gasteiger charge is 2.27. The van der Waals surface area contributed by atoms with E-state index in [2.05, 4.69) is 30.1 Å². The van der Waals surface area contributed by atoms with Crippen molar-refractivity contribution in [3.05, 3.63) is 29.3 Å². The third kappa shape index (κ3) is 3.67. The van der Waals surface area contributed by atoms with E-state index in [1.165, 1.54) is 18.4 Å². The van der Waals surface area contributed by atoms with Crippen LogP contribution in [0.4, 0.5) is 5.69 Å². The Morgan fingerprint density at radius 1 is 1.47 bits per heavy atom. The van der Waals surface area contributed by atoms with Gasteiger partial charge < -0.3 is 11.1 Å². The van der Waals surface area contributed by atoms with Crippen molar-refractivity contribution in [3.8, 4) is 0 Å². The lowest BCUT2D eigenvalue weighted by atomic mass is 10.1. The highest BCUT2D eigenvalue weighted by atomic mass is 32.1. The van der Waals surface area contributed by atoms with Crippen LogP contribution in [0.15, 0.2) is 18.2 Å². The molecule has 0 atom stereocenters. The number of hydrogen-bond donors (Lipinski definition) is 2. The molecule has 0 bridgehead atoms. The summed E-state index contributed by atoms with van der Waals surface area (Å²) in [6, 6.07) is 6.88. The van der Waals surface area contributed by atoms with Crippen LogP contribution in [0.2, 0.25) is 0 Å². The SMILES string of the molecule is CCN(CCNc1c(C)cccc1C(N)=S)C1CC1. The summed E-state index contributed by atoms with van der Waals surface area (Å²) in [4.78, 5) is 2.99. The van der Waals surface area contributed by atoms with Gasteiger partial charge in [-0.1, -0.05) is 31.3 Å². The normalized spacial score (nSPS) is 14.7. The van der Waals surface area contributed by atoms with Crippen LogP contribution in [0.1, 0.15) is 30.9 Å². The Hall–Kier alpha value is -1.13. The first-order valence-electron chi connectivity index (χ1n) is 7.00. The summed E-state index contributed by atoms with van der Waals surface area (Å²) in [5.41, 5.74) is 9.01. The molecule has 2 rings (SSSR count). The van der Waals surface area contributed by atoms with Crippen molar-refractivity contribution >= 4 is 22.9 Å². The summed E-state index contributed by atoms with van der Waals surface area (Å²) in [7, 11) is 0. The minimum absolute atomic E-state index is 0.459. The number of para-hydroxylation sites is 1. The van der Waals surface area contributed by atoms with Crippen LogP contribution in [0.25, 0.3) is 0 Å². The van der Waals surface area contributed by atoms with Crippen molar-refractivity contribution in [2.24, 2.45) is 5.73 Å². The molecule has 4 heteroatoms. The molecule has 1 aromatic rings. The first kappa shape index (κ1) is 14.3. The van der Waals surface area contributed by atoms with E-state index in [9.17, 15) is 0 Å². The minimum atomic E-state index is 0.459. The second-order valence-electron chi connectivity index (χ2n) is 5.15. The van der Waals surface area contributed by atoms with Gasteiger partial charge >= 0.3 is 0 Å². The molecule has 3 nitrogen and oxygen atoms in total. The van der Waals surface area contributed by atoms with Gasteiger partial charge in [0.1, 0.15) is 4.99 Å². The third-order valence-electron chi connectivity index (χ3n) is 3.71. The maximum absolute atomic E-state index is 5.78. The Morgan fingerprint density at radius 2 is 2.21 bits per heavy atom. The Labute approximate surface area is 121 Å². The highest BCUT2D eigenvalue weighted by Crippen LogP contribution is 2.26. The Kier molecular flexibility index (Phi) is 4.77. The molecule has 1 aliphatic rings. The molecule has 19 heavy (non-hydrogen) atoms. The lowest BCUT2D eigenvalue weighted by molar-refractivity contribution is 0.289. The van der Waals surface area contributed by atoms with E-state index in [4.69, 9.17) is 18.0 Å². The zero-order valence-corrected chi connectivity index (χ0v) is 12.6. The fraction of sp³-hybridized carbons (Fsp3) is 0.533. The van der Waals surface area contributed by atoms with Gasteiger partial charge in [0.05, 0.1) is 0 Å². The zero-order valence-electron chi connectivity index (χ0n) is 11.8. The number of nitrogens with zero attached hydrogens (tertiary/aromatic N) is 1. The maximum Gasteiger partial charge on any atom is 0.106 e. The average Bonchev–Trinajstić information content (AvgIpc) is 3.20. The number of hydrogen-bond acceptors (Lipinski definition) is 3. The van der Waals surface area contributed by atoms with Crippen LogP contribution in [0.3, 0.4) is 0 Å². The van der Waals surface area contributed by atoms with Crippen LogP contribution in [-0.4, -0.2) is 35.6 Å². The van der Waals surface area contributed by atoms with E-state index < -0.39 is 0 Å². The van der Waals surface area contributed by atoms with E-state index in [-0.39, 0.29) is 0 Å². The molecule has 1 aromatic carbocycles. The molecular formula is C15H23N3S. The van der Waals surface area contributed by atoms with Gasteiger partial charge in [-0.3, -0.25) is 4.90 Å². The number of nitrogens with two attached hydrogens (primary N) is 1. The summed E-state index contributed by atoms with van der Waals surface area (Å²) in [5.74, 6) is 0. The first-order valence-corrected chi connectivity index (χ1v) is 7.41. The van der Waals surface area contributed by atoms with Gasteiger partial charge in [-0.15, -0.1) is 0 Å². The standard InChI is InChI=1S/C15H23N3S/c1-3-18(12-7-8-12)10-9-17-14-11(2)5-4-6-13(14)15(16)19/h4-6,12,17H,3,7-10H2,1-2H3,(H2,16,19). The van der Waals surface area contributed by atoms with Crippen molar-refractivity contribution in [1.29, 1.82) is 0 Å². The number of nitrogens with one attached hydrogen (secondary N) is 1. The molecule has 1 saturated carbocycles. The van der Waals surface area contributed by atoms with Crippen molar-refractivity contribution < 1.29 is 0 Å². The van der Waals surface area contributed by atoms with Crippen molar-refractivity contribution in [3.63, 3.8) is 0 Å². The Balaban J connectivity index is 1.96. The van der Waals surface area contributed by atoms with Gasteiger partial charge in [0.2, 0.25) is 0 Å². The molecule has 0 unspecified atom stereocenters. The Morgan fingerprint density at radius 3 is 2.79 bits per heavy atom. The summed E-state index contributed by atoms with van der Waals surface area (Å²) in [6.45, 7) is 7.45. The molecule has 3 N–H and O–H groups in total. The summed E-state index contributed by atoms with van der Waals surface area (Å²) in [5, 5.41) is 3.50. The Bertz CT molecular complexity index is 455. The van der Waals surface area contributed by atoms with E-state index in [1.54, 1.807) is 0 Å². The third-order valence-corrected chi connectivity index (χ3v) is 3.93. The van der Waals surface area contributed by atoms with E-state index in [0.29, 0.717) is 4.99 Å². The van der Waals surface area contributed by atoms with E-state index in [1.807, 2.05) is 12.1 Å². The summed E-state index contributed by atoms with van der Waals surface area (Å²) in [6.07, 6.45) is 2.71. The predicted octanol–water partition coefficient (Wildman–Crippen LogP) is 2.53. The maximum atomic E-state index is 5.78. The van der Waals surface area contributed by atoms with Gasteiger partial charge in [-0.2, -0.15) is 0 Å². The van der Waals surface area contributed by atoms with Gasteiger partial charge in [-0.25, -0.2) is 0 Å². The topological polar surface area (TPSA) is 41.3 Å². The van der Waals surface area contributed by atoms with Crippen molar-refractivity contribution in [1.82, 2.24) is 4.90 Å². The van der Waals surface area contributed by atoms with Gasteiger partial charge in [0.15, 0.2) is 0 Å². The van der Waals surface area contributed by atoms with Crippen LogP contribution >= 0.6 is 12.2 Å². The fourth-order valence-electron chi connectivity index (χ4n) is 2.47. The molecule has 0 saturated heterocycles. The quantitative estimate of drug-likeness (QED) is 0.752. The van der Waals surface area contributed by atoms with Crippen molar-refractivity contribution in [2.45, 2.75) is 32.7 Å². The molecule has 0 amide bonds. The fourth-order valence-corrected chi connectivity index (χ4v) is 2.64. The minimum Gasteiger partial charge on any atom is -0.389 e. The van der Waals surface area contributed by atoms with Crippen LogP contribution in [0, 0.1) is 6.92 Å². The van der Waals surface area contributed by atoms with Crippen LogP contribution in [0.5, 0.6) is 0 Å². The zero-order chi connectivity index (χ0) is 13.8. The van der Waals surface area contributed by atoms with Crippen molar-refractivity contribution in [2.75, 3.05) is 25.0 Å². The second kappa shape index (κ2) is 6.35. The average molecular weight is 277 g/mol. The predicted molar refractivity (Wildman–Crippen MR) is 85.8 cm³/mol. The smallest absolute Gasteiger partial charge is 0.106 e. The number of thiocarbonyl (C=S) groups is 1. The number of aryl methyl sites for hydroxylation is 1. The largest absolute Gasteiger partial charge is 0.389 e. The van der Waals surface area contributed by atoms with Gasteiger partial charge in [-0.05, 0) is 37.9 Å². The monoisotopic (exact) mass is 277 g/mol. The number of benzene rings is 1. The number of anilines is 1. The molecule has 1 fully saturated rings. The molecule has 1 aliphatic carbocycles. The lowest BCUT2D eigenvalue weighted by Gasteiger charge is -2.21. The molecule has 0 spiro atoms. The van der Waals surface area contributed by atoms with Gasteiger partial charge in [0, 0.05) is 30.4 Å². The summed E-state index contributed by atoms with van der Waals surface area (Å²) < 4.78 is 0. The molecule has 0 aliphatic heterocycles. The molecule has 0 heterocycles. The number of likely N-dealkylation sites (N-methyl/N-ethyl adjacent to an activating group) is 1. The molecule has 0 radical (unpaired) electrons. The van der Waals surface area contributed by atoms with Crippen LogP contribution in [-0.2, 0) is 0 Å². The molecule has 0 aromatic heterocycles. The van der Waals surface area contributed by atoms with Gasteiger partial charge in [0.25, 0.3) is 0 Å². The highest BCUT2D eigenvalue weighted by molar-refractivity contribution is 7.80. The number of rotatable bonds is 7. The molecular weight excluding hydrogens is 254 g/mol. The summed E-state index contributed by atoms with van der Waals surface area (Å²) >= 11 is 5.11. The van der Waals surface area contributed by atoms with E-state index in [0.717, 1.165) is 36.9 Å². The first-order chi connectivity index (χ1) is 9.13. The second-order valence-corrected chi connectivity index (χ2v) is 5.59. The van der Waals surface area contributed by atoms with Crippen LogP contribution < -0.4 is 11.1 Å². The molecule has 104 valence electrons. The van der Waals surface area contributed by atoms with E-state index >= 15 is 0 Å².